The summed E-state index contributed by atoms with van der Waals surface area (Å²) < 4.78 is 30.4. The van der Waals surface area contributed by atoms with Crippen molar-refractivity contribution < 1.29 is 13.2 Å². The molecule has 2 rings (SSSR count). The first-order valence-corrected chi connectivity index (χ1v) is 8.67. The summed E-state index contributed by atoms with van der Waals surface area (Å²) in [4.78, 5) is 10.3. The molecular weight excluding hydrogens is 318 g/mol. The number of hydrogen-bond donors (Lipinski definition) is 2. The van der Waals surface area contributed by atoms with Crippen molar-refractivity contribution >= 4 is 21.7 Å². The highest BCUT2D eigenvalue weighted by Crippen LogP contribution is 2.23. The van der Waals surface area contributed by atoms with Crippen molar-refractivity contribution in [2.24, 2.45) is 5.73 Å². The van der Waals surface area contributed by atoms with Crippen LogP contribution in [0.15, 0.2) is 30.3 Å². The van der Waals surface area contributed by atoms with E-state index in [1.165, 1.54) is 0 Å². The molecule has 1 aromatic heterocycles. The molecule has 0 aliphatic heterocycles. The average molecular weight is 337 g/mol. The highest BCUT2D eigenvalue weighted by molar-refractivity contribution is 7.92. The fraction of sp³-hybridized carbons (Fsp3) is 0.286. The number of hydrogen-bond acceptors (Lipinski definition) is 7. The Morgan fingerprint density at radius 1 is 1.22 bits per heavy atom. The van der Waals surface area contributed by atoms with Crippen LogP contribution in [0.3, 0.4) is 0 Å². The van der Waals surface area contributed by atoms with Gasteiger partial charge in [0.2, 0.25) is 21.9 Å². The van der Waals surface area contributed by atoms with Gasteiger partial charge in [-0.25, -0.2) is 13.4 Å². The molecule has 0 aliphatic rings. The van der Waals surface area contributed by atoms with Crippen molar-refractivity contribution in [2.75, 3.05) is 30.0 Å². The van der Waals surface area contributed by atoms with Crippen molar-refractivity contribution in [3.8, 4) is 11.6 Å². The van der Waals surface area contributed by atoms with Gasteiger partial charge in [0, 0.05) is 32.4 Å². The quantitative estimate of drug-likeness (QED) is 0.814. The maximum absolute atomic E-state index is 11.2. The summed E-state index contributed by atoms with van der Waals surface area (Å²) in [6.07, 6.45) is 1.09. The summed E-state index contributed by atoms with van der Waals surface area (Å²) in [6.45, 7) is 0.275. The van der Waals surface area contributed by atoms with Crippen LogP contribution in [0.1, 0.15) is 5.69 Å². The molecule has 0 bridgehead atoms. The lowest BCUT2D eigenvalue weighted by molar-refractivity contribution is 0.460. The topological polar surface area (TPSA) is 110 Å². The molecule has 1 heterocycles. The van der Waals surface area contributed by atoms with E-state index in [2.05, 4.69) is 14.7 Å². The third-order valence-corrected chi connectivity index (χ3v) is 3.34. The van der Waals surface area contributed by atoms with Crippen molar-refractivity contribution in [2.45, 2.75) is 6.54 Å². The molecule has 0 saturated carbocycles. The monoisotopic (exact) mass is 337 g/mol. The zero-order valence-corrected chi connectivity index (χ0v) is 14.0. The van der Waals surface area contributed by atoms with Gasteiger partial charge in [-0.3, -0.25) is 4.72 Å². The number of benzene rings is 1. The molecule has 1 aromatic carbocycles. The summed E-state index contributed by atoms with van der Waals surface area (Å²) >= 11 is 0. The summed E-state index contributed by atoms with van der Waals surface area (Å²) in [6, 6.07) is 8.17. The molecule has 0 spiro atoms. The predicted molar refractivity (Wildman–Crippen MR) is 89.2 cm³/mol. The van der Waals surface area contributed by atoms with Crippen molar-refractivity contribution in [1.29, 1.82) is 0 Å². The lowest BCUT2D eigenvalue weighted by atomic mass is 10.3. The third-order valence-electron chi connectivity index (χ3n) is 2.73. The molecule has 2 aromatic rings. The SMILES string of the molecule is CN(C)c1nc(CN)cc(Oc2ccc(NS(C)(=O)=O)cc2)n1. The molecular formula is C14H19N5O3S. The Morgan fingerprint density at radius 3 is 2.39 bits per heavy atom. The van der Waals surface area contributed by atoms with E-state index in [4.69, 9.17) is 10.5 Å². The first-order chi connectivity index (χ1) is 10.8. The van der Waals surface area contributed by atoms with Gasteiger partial charge >= 0.3 is 0 Å². The van der Waals surface area contributed by atoms with Crippen LogP contribution in [0.25, 0.3) is 0 Å². The smallest absolute Gasteiger partial charge is 0.229 e. The Kier molecular flexibility index (Phi) is 5.02. The maximum Gasteiger partial charge on any atom is 0.229 e. The largest absolute Gasteiger partial charge is 0.439 e. The number of nitrogens with zero attached hydrogens (tertiary/aromatic N) is 3. The van der Waals surface area contributed by atoms with Gasteiger partial charge in [0.15, 0.2) is 0 Å². The molecule has 0 radical (unpaired) electrons. The number of ether oxygens (including phenoxy) is 1. The van der Waals surface area contributed by atoms with E-state index < -0.39 is 10.0 Å². The average Bonchev–Trinajstić information content (AvgIpc) is 2.47. The van der Waals surface area contributed by atoms with Crippen LogP contribution in [0, 0.1) is 0 Å². The van der Waals surface area contributed by atoms with Crippen LogP contribution in [0.2, 0.25) is 0 Å². The first kappa shape index (κ1) is 17.0. The number of anilines is 2. The van der Waals surface area contributed by atoms with E-state index in [0.717, 1.165) is 6.26 Å². The molecule has 23 heavy (non-hydrogen) atoms. The Morgan fingerprint density at radius 2 is 1.87 bits per heavy atom. The van der Waals surface area contributed by atoms with Crippen LogP contribution >= 0.6 is 0 Å². The summed E-state index contributed by atoms with van der Waals surface area (Å²) in [7, 11) is 0.345. The Balaban J connectivity index is 2.20. The second-order valence-corrected chi connectivity index (χ2v) is 6.85. The molecule has 124 valence electrons. The summed E-state index contributed by atoms with van der Waals surface area (Å²) in [5.74, 6) is 1.39. The zero-order valence-electron chi connectivity index (χ0n) is 13.1. The van der Waals surface area contributed by atoms with Crippen LogP contribution in [0.4, 0.5) is 11.6 Å². The molecule has 8 nitrogen and oxygen atoms in total. The second-order valence-electron chi connectivity index (χ2n) is 5.10. The van der Waals surface area contributed by atoms with Crippen molar-refractivity contribution in [3.05, 3.63) is 36.0 Å². The molecule has 0 atom stereocenters. The van der Waals surface area contributed by atoms with Gasteiger partial charge in [-0.2, -0.15) is 4.98 Å². The van der Waals surface area contributed by atoms with Gasteiger partial charge in [0.25, 0.3) is 0 Å². The Labute approximate surface area is 135 Å². The second kappa shape index (κ2) is 6.80. The number of sulfonamides is 1. The van der Waals surface area contributed by atoms with Crippen LogP contribution in [-0.4, -0.2) is 38.7 Å². The zero-order chi connectivity index (χ0) is 17.0. The summed E-state index contributed by atoms with van der Waals surface area (Å²) in [5.41, 5.74) is 6.75. The minimum atomic E-state index is -3.30. The van der Waals surface area contributed by atoms with Gasteiger partial charge in [-0.05, 0) is 24.3 Å². The molecule has 0 fully saturated rings. The van der Waals surface area contributed by atoms with E-state index in [1.54, 1.807) is 35.2 Å². The van der Waals surface area contributed by atoms with Gasteiger partial charge in [0.05, 0.1) is 11.9 Å². The number of nitrogens with two attached hydrogens (primary N) is 1. The van der Waals surface area contributed by atoms with Crippen LogP contribution < -0.4 is 20.1 Å². The highest BCUT2D eigenvalue weighted by atomic mass is 32.2. The van der Waals surface area contributed by atoms with E-state index in [-0.39, 0.29) is 6.54 Å². The fourth-order valence-electron chi connectivity index (χ4n) is 1.74. The lowest BCUT2D eigenvalue weighted by Gasteiger charge is -2.13. The summed E-state index contributed by atoms with van der Waals surface area (Å²) in [5, 5.41) is 0. The molecule has 0 amide bonds. The number of aromatic nitrogens is 2. The minimum Gasteiger partial charge on any atom is -0.439 e. The van der Waals surface area contributed by atoms with E-state index in [1.807, 2.05) is 14.1 Å². The van der Waals surface area contributed by atoms with Crippen LogP contribution in [0.5, 0.6) is 11.6 Å². The number of nitrogens with one attached hydrogen (secondary N) is 1. The lowest BCUT2D eigenvalue weighted by Crippen LogP contribution is -2.15. The van der Waals surface area contributed by atoms with Gasteiger partial charge in [-0.15, -0.1) is 0 Å². The Bertz CT molecular complexity index is 775. The highest BCUT2D eigenvalue weighted by Gasteiger charge is 2.08. The maximum atomic E-state index is 11.2. The minimum absolute atomic E-state index is 0.275. The standard InChI is InChI=1S/C14H19N5O3S/c1-19(2)14-16-11(9-15)8-13(17-14)22-12-6-4-10(5-7-12)18-23(3,20)21/h4-8,18H,9,15H2,1-3H3. The molecule has 0 aliphatic carbocycles. The van der Waals surface area contributed by atoms with Gasteiger partial charge in [-0.1, -0.05) is 0 Å². The molecule has 9 heteroatoms. The van der Waals surface area contributed by atoms with Gasteiger partial charge < -0.3 is 15.4 Å². The van der Waals surface area contributed by atoms with E-state index in [0.29, 0.717) is 29.0 Å². The van der Waals surface area contributed by atoms with Crippen LogP contribution in [-0.2, 0) is 16.6 Å². The number of rotatable bonds is 6. The van der Waals surface area contributed by atoms with Crippen molar-refractivity contribution in [1.82, 2.24) is 9.97 Å². The predicted octanol–water partition coefficient (Wildman–Crippen LogP) is 1.17. The molecule has 0 unspecified atom stereocenters. The van der Waals surface area contributed by atoms with Gasteiger partial charge in [0.1, 0.15) is 5.75 Å². The third kappa shape index (κ3) is 5.08. The molecule has 0 saturated heterocycles. The molecule has 3 N–H and O–H groups in total. The van der Waals surface area contributed by atoms with Crippen molar-refractivity contribution in [3.63, 3.8) is 0 Å². The Hall–Kier alpha value is -2.39. The normalized spacial score (nSPS) is 11.1. The van der Waals surface area contributed by atoms with E-state index >= 15 is 0 Å². The van der Waals surface area contributed by atoms with E-state index in [9.17, 15) is 8.42 Å². The fourth-order valence-corrected chi connectivity index (χ4v) is 2.31. The first-order valence-electron chi connectivity index (χ1n) is 6.78.